The average Bonchev–Trinajstić information content (AvgIpc) is 2.73. The van der Waals surface area contributed by atoms with Crippen molar-refractivity contribution in [3.8, 4) is 0 Å². The van der Waals surface area contributed by atoms with E-state index in [1.165, 1.54) is 4.90 Å². The molecule has 4 N–H and O–H groups in total. The first-order valence-electron chi connectivity index (χ1n) is 11.4. The molecule has 1 aromatic carbocycles. The first-order chi connectivity index (χ1) is 15.5. The Morgan fingerprint density at radius 3 is 2.24 bits per heavy atom. The van der Waals surface area contributed by atoms with Crippen LogP contribution in [-0.2, 0) is 19.1 Å². The molecule has 1 rings (SSSR count). The van der Waals surface area contributed by atoms with Crippen LogP contribution in [0, 0.1) is 0 Å². The fourth-order valence-electron chi connectivity index (χ4n) is 3.25. The number of nitrogens with zero attached hydrogens (tertiary/aromatic N) is 1. The molecule has 184 valence electrons. The third kappa shape index (κ3) is 9.93. The maximum Gasteiger partial charge on any atom is 0.408 e. The van der Waals surface area contributed by atoms with E-state index in [9.17, 15) is 19.2 Å². The number of ether oxygens (including phenoxy) is 1. The summed E-state index contributed by atoms with van der Waals surface area (Å²) in [6.45, 7) is 9.60. The lowest BCUT2D eigenvalue weighted by Gasteiger charge is -2.33. The molecule has 0 aliphatic heterocycles. The van der Waals surface area contributed by atoms with Gasteiger partial charge in [0.25, 0.3) is 0 Å². The Labute approximate surface area is 196 Å². The van der Waals surface area contributed by atoms with Crippen LogP contribution in [0.25, 0.3) is 0 Å². The molecule has 0 saturated heterocycles. The van der Waals surface area contributed by atoms with Crippen LogP contribution in [0.1, 0.15) is 71.9 Å². The fraction of sp³-hybridized carbons (Fsp3) is 0.583. The summed E-state index contributed by atoms with van der Waals surface area (Å²) in [6, 6.07) is 7.00. The van der Waals surface area contributed by atoms with Gasteiger partial charge in [-0.3, -0.25) is 14.4 Å². The molecule has 0 heterocycles. The second kappa shape index (κ2) is 13.4. The van der Waals surface area contributed by atoms with Crippen LogP contribution in [0.15, 0.2) is 30.3 Å². The van der Waals surface area contributed by atoms with Crippen LogP contribution >= 0.6 is 0 Å². The molecule has 1 aromatic rings. The minimum absolute atomic E-state index is 0.0110. The standard InChI is InChI=1S/C24H38N4O5/c1-6-8-16-26-21(30)20(17-12-10-9-11-13-17)28(7-2)22(31)18(14-15-19(25)29)27-23(32)33-24(3,4)5/h9-13,18,20H,6-8,14-16H2,1-5H3,(H2,25,29)(H,26,30)(H,27,32). The van der Waals surface area contributed by atoms with Crippen molar-refractivity contribution in [2.75, 3.05) is 13.1 Å². The maximum atomic E-state index is 13.6. The van der Waals surface area contributed by atoms with E-state index in [0.717, 1.165) is 12.8 Å². The molecule has 0 aliphatic rings. The van der Waals surface area contributed by atoms with Crippen molar-refractivity contribution >= 4 is 23.8 Å². The number of carbonyl (C=O) groups excluding carboxylic acids is 4. The lowest BCUT2D eigenvalue weighted by molar-refractivity contribution is -0.142. The first-order valence-corrected chi connectivity index (χ1v) is 11.4. The number of rotatable bonds is 12. The number of hydrogen-bond donors (Lipinski definition) is 3. The second-order valence-corrected chi connectivity index (χ2v) is 8.79. The summed E-state index contributed by atoms with van der Waals surface area (Å²) in [4.78, 5) is 51.9. The highest BCUT2D eigenvalue weighted by molar-refractivity contribution is 5.92. The van der Waals surface area contributed by atoms with E-state index in [-0.39, 0.29) is 25.3 Å². The van der Waals surface area contributed by atoms with Crippen molar-refractivity contribution in [3.05, 3.63) is 35.9 Å². The van der Waals surface area contributed by atoms with Crippen molar-refractivity contribution < 1.29 is 23.9 Å². The summed E-state index contributed by atoms with van der Waals surface area (Å²) >= 11 is 0. The second-order valence-electron chi connectivity index (χ2n) is 8.79. The van der Waals surface area contributed by atoms with Gasteiger partial charge >= 0.3 is 6.09 Å². The molecule has 9 nitrogen and oxygen atoms in total. The number of hydrogen-bond acceptors (Lipinski definition) is 5. The van der Waals surface area contributed by atoms with Gasteiger partial charge in [-0.25, -0.2) is 4.79 Å². The molecule has 0 fully saturated rings. The number of likely N-dealkylation sites (N-methyl/N-ethyl adjacent to an activating group) is 1. The van der Waals surface area contributed by atoms with Crippen molar-refractivity contribution in [2.24, 2.45) is 5.73 Å². The van der Waals surface area contributed by atoms with Gasteiger partial charge < -0.3 is 26.0 Å². The van der Waals surface area contributed by atoms with Crippen molar-refractivity contribution in [3.63, 3.8) is 0 Å². The number of alkyl carbamates (subject to hydrolysis) is 1. The SMILES string of the molecule is CCCCNC(=O)C(c1ccccc1)N(CC)C(=O)C(CCC(N)=O)NC(=O)OC(C)(C)C. The van der Waals surface area contributed by atoms with E-state index in [0.29, 0.717) is 12.1 Å². The summed E-state index contributed by atoms with van der Waals surface area (Å²) in [5.74, 6) is -1.40. The smallest absolute Gasteiger partial charge is 0.408 e. The predicted octanol–water partition coefficient (Wildman–Crippen LogP) is 2.65. The summed E-state index contributed by atoms with van der Waals surface area (Å²) in [5, 5.41) is 5.44. The minimum Gasteiger partial charge on any atom is -0.444 e. The van der Waals surface area contributed by atoms with E-state index in [4.69, 9.17) is 10.5 Å². The van der Waals surface area contributed by atoms with Gasteiger partial charge in [0.15, 0.2) is 0 Å². The number of nitrogens with two attached hydrogens (primary N) is 1. The predicted molar refractivity (Wildman–Crippen MR) is 126 cm³/mol. The zero-order valence-corrected chi connectivity index (χ0v) is 20.3. The van der Waals surface area contributed by atoms with Gasteiger partial charge in [-0.2, -0.15) is 0 Å². The third-order valence-corrected chi connectivity index (χ3v) is 4.80. The Balaban J connectivity index is 3.23. The molecule has 0 radical (unpaired) electrons. The fourth-order valence-corrected chi connectivity index (χ4v) is 3.25. The van der Waals surface area contributed by atoms with Crippen LogP contribution in [0.4, 0.5) is 4.79 Å². The van der Waals surface area contributed by atoms with Crippen molar-refractivity contribution in [1.82, 2.24) is 15.5 Å². The Hall–Kier alpha value is -3.10. The number of primary amides is 1. The van der Waals surface area contributed by atoms with Crippen molar-refractivity contribution in [1.29, 1.82) is 0 Å². The summed E-state index contributed by atoms with van der Waals surface area (Å²) in [6.07, 6.45) is 0.826. The summed E-state index contributed by atoms with van der Waals surface area (Å²) in [7, 11) is 0. The van der Waals surface area contributed by atoms with Crippen LogP contribution in [-0.4, -0.2) is 53.4 Å². The highest BCUT2D eigenvalue weighted by Crippen LogP contribution is 2.23. The lowest BCUT2D eigenvalue weighted by Crippen LogP contribution is -2.53. The molecule has 4 amide bonds. The zero-order valence-electron chi connectivity index (χ0n) is 20.3. The number of benzene rings is 1. The van der Waals surface area contributed by atoms with Crippen LogP contribution < -0.4 is 16.4 Å². The van der Waals surface area contributed by atoms with Gasteiger partial charge in [0.1, 0.15) is 17.7 Å². The molecule has 0 saturated carbocycles. The maximum absolute atomic E-state index is 13.6. The van der Waals surface area contributed by atoms with Gasteiger partial charge in [-0.15, -0.1) is 0 Å². The van der Waals surface area contributed by atoms with E-state index in [1.54, 1.807) is 52.0 Å². The van der Waals surface area contributed by atoms with Gasteiger partial charge in [-0.1, -0.05) is 43.7 Å². The number of carbonyl (C=O) groups is 4. The topological polar surface area (TPSA) is 131 Å². The highest BCUT2D eigenvalue weighted by atomic mass is 16.6. The molecule has 0 bridgehead atoms. The third-order valence-electron chi connectivity index (χ3n) is 4.80. The van der Waals surface area contributed by atoms with Gasteiger partial charge in [0, 0.05) is 19.5 Å². The van der Waals surface area contributed by atoms with E-state index in [1.807, 2.05) is 13.0 Å². The van der Waals surface area contributed by atoms with E-state index < -0.39 is 35.6 Å². The Morgan fingerprint density at radius 1 is 1.09 bits per heavy atom. The molecule has 0 aliphatic carbocycles. The molecule has 9 heteroatoms. The molecule has 2 unspecified atom stereocenters. The van der Waals surface area contributed by atoms with E-state index >= 15 is 0 Å². The number of unbranched alkanes of at least 4 members (excludes halogenated alkanes) is 1. The Morgan fingerprint density at radius 2 is 1.73 bits per heavy atom. The Bertz CT molecular complexity index is 792. The van der Waals surface area contributed by atoms with Crippen LogP contribution in [0.2, 0.25) is 0 Å². The molecule has 2 atom stereocenters. The van der Waals surface area contributed by atoms with E-state index in [2.05, 4.69) is 10.6 Å². The first kappa shape index (κ1) is 27.9. The van der Waals surface area contributed by atoms with Crippen LogP contribution in [0.3, 0.4) is 0 Å². The molecule has 0 spiro atoms. The monoisotopic (exact) mass is 462 g/mol. The molecular weight excluding hydrogens is 424 g/mol. The zero-order chi connectivity index (χ0) is 25.0. The summed E-state index contributed by atoms with van der Waals surface area (Å²) in [5.41, 5.74) is 5.16. The molecule has 33 heavy (non-hydrogen) atoms. The van der Waals surface area contributed by atoms with Gasteiger partial charge in [0.2, 0.25) is 17.7 Å². The summed E-state index contributed by atoms with van der Waals surface area (Å²) < 4.78 is 5.28. The van der Waals surface area contributed by atoms with Gasteiger partial charge in [0.05, 0.1) is 0 Å². The van der Waals surface area contributed by atoms with Crippen molar-refractivity contribution in [2.45, 2.75) is 78.0 Å². The largest absolute Gasteiger partial charge is 0.444 e. The number of amides is 4. The quantitative estimate of drug-likeness (QED) is 0.411. The normalized spacial score (nSPS) is 12.9. The lowest BCUT2D eigenvalue weighted by atomic mass is 10.0. The highest BCUT2D eigenvalue weighted by Gasteiger charge is 2.35. The Kier molecular flexibility index (Phi) is 11.4. The van der Waals surface area contributed by atoms with Crippen LogP contribution in [0.5, 0.6) is 0 Å². The minimum atomic E-state index is -1.08. The molecule has 0 aromatic heterocycles. The molecular formula is C24H38N4O5. The number of nitrogens with one attached hydrogen (secondary N) is 2. The van der Waals surface area contributed by atoms with Gasteiger partial charge in [-0.05, 0) is 46.1 Å². The average molecular weight is 463 g/mol.